The molecule has 0 aromatic heterocycles. The predicted octanol–water partition coefficient (Wildman–Crippen LogP) is 2.45. The largest absolute Gasteiger partial charge is 0.390 e. The summed E-state index contributed by atoms with van der Waals surface area (Å²) in [7, 11) is 0. The Kier molecular flexibility index (Phi) is 5.51. The molecule has 2 aromatic rings. The van der Waals surface area contributed by atoms with Crippen molar-refractivity contribution in [3.63, 3.8) is 0 Å². The first-order valence-corrected chi connectivity index (χ1v) is 8.86. The molecule has 0 saturated heterocycles. The number of hydrogen-bond donors (Lipinski definition) is 2. The lowest BCUT2D eigenvalue weighted by Crippen LogP contribution is -2.42. The molecule has 0 aliphatic carbocycles. The number of carbonyl (C=O) groups is 1. The third kappa shape index (κ3) is 4.27. The van der Waals surface area contributed by atoms with E-state index < -0.39 is 6.10 Å². The van der Waals surface area contributed by atoms with Crippen molar-refractivity contribution in [3.05, 3.63) is 70.3 Å². The Morgan fingerprint density at radius 3 is 2.72 bits per heavy atom. The second kappa shape index (κ2) is 7.81. The van der Waals surface area contributed by atoms with Gasteiger partial charge in [-0.3, -0.25) is 9.69 Å². The highest BCUT2D eigenvalue weighted by molar-refractivity contribution is 5.95. The molecule has 1 aliphatic rings. The van der Waals surface area contributed by atoms with Gasteiger partial charge in [0.25, 0.3) is 5.91 Å². The SMILES string of the molecule is Cc1cccc(C(=O)NCC(O)CN2CCc3ccccc3C2)c1C. The topological polar surface area (TPSA) is 52.6 Å². The lowest BCUT2D eigenvalue weighted by Gasteiger charge is -2.30. The van der Waals surface area contributed by atoms with E-state index in [2.05, 4.69) is 34.5 Å². The molecule has 1 atom stereocenters. The molecule has 2 N–H and O–H groups in total. The molecule has 132 valence electrons. The molecule has 3 rings (SSSR count). The van der Waals surface area contributed by atoms with Gasteiger partial charge in [-0.1, -0.05) is 36.4 Å². The van der Waals surface area contributed by atoms with Gasteiger partial charge >= 0.3 is 0 Å². The lowest BCUT2D eigenvalue weighted by molar-refractivity contribution is 0.0841. The molecule has 0 radical (unpaired) electrons. The second-order valence-electron chi connectivity index (χ2n) is 6.87. The number of nitrogens with zero attached hydrogens (tertiary/aromatic N) is 1. The molecule has 4 heteroatoms. The number of nitrogens with one attached hydrogen (secondary N) is 1. The quantitative estimate of drug-likeness (QED) is 0.880. The molecular weight excluding hydrogens is 312 g/mol. The number of hydrogen-bond acceptors (Lipinski definition) is 3. The highest BCUT2D eigenvalue weighted by Gasteiger charge is 2.19. The Balaban J connectivity index is 1.51. The first-order chi connectivity index (χ1) is 12.0. The van der Waals surface area contributed by atoms with E-state index in [0.717, 1.165) is 30.6 Å². The van der Waals surface area contributed by atoms with E-state index in [1.165, 1.54) is 11.1 Å². The van der Waals surface area contributed by atoms with Crippen LogP contribution in [0.15, 0.2) is 42.5 Å². The lowest BCUT2D eigenvalue weighted by atomic mass is 10.00. The molecule has 0 spiro atoms. The van der Waals surface area contributed by atoms with Gasteiger partial charge in [0.2, 0.25) is 0 Å². The highest BCUT2D eigenvalue weighted by Crippen LogP contribution is 2.18. The summed E-state index contributed by atoms with van der Waals surface area (Å²) < 4.78 is 0. The van der Waals surface area contributed by atoms with Gasteiger partial charge in [-0.25, -0.2) is 0 Å². The molecule has 0 bridgehead atoms. The summed E-state index contributed by atoms with van der Waals surface area (Å²) in [6.07, 6.45) is 0.442. The van der Waals surface area contributed by atoms with E-state index in [-0.39, 0.29) is 12.5 Å². The summed E-state index contributed by atoms with van der Waals surface area (Å²) in [5.74, 6) is -0.121. The van der Waals surface area contributed by atoms with Crippen molar-refractivity contribution in [2.24, 2.45) is 0 Å². The fourth-order valence-corrected chi connectivity index (χ4v) is 3.38. The standard InChI is InChI=1S/C21H26N2O2/c1-15-6-5-9-20(16(15)2)21(25)22-12-19(24)14-23-11-10-17-7-3-4-8-18(17)13-23/h3-9,19,24H,10-14H2,1-2H3,(H,22,25). The van der Waals surface area contributed by atoms with E-state index in [4.69, 9.17) is 0 Å². The highest BCUT2D eigenvalue weighted by atomic mass is 16.3. The number of benzene rings is 2. The van der Waals surface area contributed by atoms with Gasteiger partial charge in [0.05, 0.1) is 6.10 Å². The Hall–Kier alpha value is -2.17. The number of β-amino-alcohol motifs (C(OH)–C–C–N with tert-alkyl or cyclic N) is 1. The van der Waals surface area contributed by atoms with Crippen molar-refractivity contribution in [3.8, 4) is 0 Å². The zero-order chi connectivity index (χ0) is 17.8. The monoisotopic (exact) mass is 338 g/mol. The molecule has 1 unspecified atom stereocenters. The number of fused-ring (bicyclic) bond motifs is 1. The number of aliphatic hydroxyl groups is 1. The average Bonchev–Trinajstić information content (AvgIpc) is 2.62. The maximum atomic E-state index is 12.3. The zero-order valence-electron chi connectivity index (χ0n) is 15.0. The average molecular weight is 338 g/mol. The van der Waals surface area contributed by atoms with Crippen LogP contribution in [0.25, 0.3) is 0 Å². The molecule has 0 fully saturated rings. The van der Waals surface area contributed by atoms with Crippen LogP contribution in [-0.4, -0.2) is 41.7 Å². The van der Waals surface area contributed by atoms with E-state index in [0.29, 0.717) is 12.1 Å². The smallest absolute Gasteiger partial charge is 0.251 e. The van der Waals surface area contributed by atoms with Gasteiger partial charge in [0.15, 0.2) is 0 Å². The van der Waals surface area contributed by atoms with Crippen LogP contribution in [0.1, 0.15) is 32.6 Å². The maximum Gasteiger partial charge on any atom is 0.251 e. The third-order valence-corrected chi connectivity index (χ3v) is 5.03. The van der Waals surface area contributed by atoms with Gasteiger partial charge in [-0.05, 0) is 48.6 Å². The normalized spacial score (nSPS) is 15.5. The minimum absolute atomic E-state index is 0.121. The third-order valence-electron chi connectivity index (χ3n) is 5.03. The Morgan fingerprint density at radius 1 is 1.16 bits per heavy atom. The van der Waals surface area contributed by atoms with E-state index in [1.807, 2.05) is 32.0 Å². The Labute approximate surface area is 149 Å². The van der Waals surface area contributed by atoms with Crippen molar-refractivity contribution >= 4 is 5.91 Å². The zero-order valence-corrected chi connectivity index (χ0v) is 15.0. The maximum absolute atomic E-state index is 12.3. The van der Waals surface area contributed by atoms with Gasteiger partial charge in [-0.2, -0.15) is 0 Å². The fourth-order valence-electron chi connectivity index (χ4n) is 3.38. The van der Waals surface area contributed by atoms with Crippen LogP contribution in [0, 0.1) is 13.8 Å². The van der Waals surface area contributed by atoms with Gasteiger partial charge < -0.3 is 10.4 Å². The van der Waals surface area contributed by atoms with Crippen LogP contribution < -0.4 is 5.32 Å². The fraction of sp³-hybridized carbons (Fsp3) is 0.381. The Bertz CT molecular complexity index is 757. The van der Waals surface area contributed by atoms with Crippen LogP contribution in [0.3, 0.4) is 0 Å². The van der Waals surface area contributed by atoms with Crippen LogP contribution in [0.5, 0.6) is 0 Å². The van der Waals surface area contributed by atoms with Gasteiger partial charge in [0, 0.05) is 31.7 Å². The predicted molar refractivity (Wildman–Crippen MR) is 99.7 cm³/mol. The first kappa shape index (κ1) is 17.6. The van der Waals surface area contributed by atoms with Crippen molar-refractivity contribution < 1.29 is 9.90 Å². The number of aryl methyl sites for hydroxylation is 1. The van der Waals surface area contributed by atoms with Gasteiger partial charge in [-0.15, -0.1) is 0 Å². The van der Waals surface area contributed by atoms with Crippen molar-refractivity contribution in [2.75, 3.05) is 19.6 Å². The van der Waals surface area contributed by atoms with E-state index in [1.54, 1.807) is 0 Å². The van der Waals surface area contributed by atoms with Crippen molar-refractivity contribution in [1.29, 1.82) is 0 Å². The number of aliphatic hydroxyl groups excluding tert-OH is 1. The summed E-state index contributed by atoms with van der Waals surface area (Å²) in [6, 6.07) is 14.2. The van der Waals surface area contributed by atoms with Crippen molar-refractivity contribution in [1.82, 2.24) is 10.2 Å². The summed E-state index contributed by atoms with van der Waals surface area (Å²) in [4.78, 5) is 14.6. The van der Waals surface area contributed by atoms with Gasteiger partial charge in [0.1, 0.15) is 0 Å². The minimum atomic E-state index is -0.570. The molecule has 0 saturated carbocycles. The van der Waals surface area contributed by atoms with E-state index >= 15 is 0 Å². The summed E-state index contributed by atoms with van der Waals surface area (Å²) >= 11 is 0. The molecule has 1 heterocycles. The number of carbonyl (C=O) groups excluding carboxylic acids is 1. The van der Waals surface area contributed by atoms with E-state index in [9.17, 15) is 9.90 Å². The Morgan fingerprint density at radius 2 is 1.92 bits per heavy atom. The molecule has 4 nitrogen and oxygen atoms in total. The molecule has 25 heavy (non-hydrogen) atoms. The molecule has 2 aromatic carbocycles. The number of amides is 1. The molecule has 1 aliphatic heterocycles. The van der Waals surface area contributed by atoms with Crippen molar-refractivity contribution in [2.45, 2.75) is 32.9 Å². The first-order valence-electron chi connectivity index (χ1n) is 8.86. The van der Waals surface area contributed by atoms with Crippen LogP contribution >= 0.6 is 0 Å². The van der Waals surface area contributed by atoms with Crippen LogP contribution in [-0.2, 0) is 13.0 Å². The summed E-state index contributed by atoms with van der Waals surface area (Å²) in [5, 5.41) is 13.2. The summed E-state index contributed by atoms with van der Waals surface area (Å²) in [5.41, 5.74) is 5.50. The second-order valence-corrected chi connectivity index (χ2v) is 6.87. The van der Waals surface area contributed by atoms with Crippen LogP contribution in [0.4, 0.5) is 0 Å². The van der Waals surface area contributed by atoms with Crippen LogP contribution in [0.2, 0.25) is 0 Å². The number of rotatable bonds is 5. The minimum Gasteiger partial charge on any atom is -0.390 e. The molecule has 1 amide bonds. The summed E-state index contributed by atoms with van der Waals surface area (Å²) in [6.45, 7) is 6.59. The molecular formula is C21H26N2O2.